The van der Waals surface area contributed by atoms with Gasteiger partial charge in [-0.05, 0) is 39.2 Å². The van der Waals surface area contributed by atoms with Gasteiger partial charge in [-0.1, -0.05) is 0 Å². The molecule has 0 aliphatic rings. The van der Waals surface area contributed by atoms with Gasteiger partial charge in [0.2, 0.25) is 11.8 Å². The smallest absolute Gasteiger partial charge is 0.240 e. The van der Waals surface area contributed by atoms with Gasteiger partial charge in [-0.25, -0.2) is 0 Å². The molecule has 0 saturated carbocycles. The van der Waals surface area contributed by atoms with Crippen molar-refractivity contribution in [3.8, 4) is 0 Å². The van der Waals surface area contributed by atoms with E-state index in [-0.39, 0.29) is 36.3 Å². The number of nitrogens with zero attached hydrogens (tertiary/aromatic N) is 1. The Labute approximate surface area is 126 Å². The predicted octanol–water partition coefficient (Wildman–Crippen LogP) is 0.862. The lowest BCUT2D eigenvalue weighted by Crippen LogP contribution is -2.49. The summed E-state index contributed by atoms with van der Waals surface area (Å²) in [5.41, 5.74) is 5.48. The van der Waals surface area contributed by atoms with Crippen molar-refractivity contribution in [2.75, 3.05) is 25.6 Å². The van der Waals surface area contributed by atoms with Crippen LogP contribution in [-0.4, -0.2) is 53.9 Å². The summed E-state index contributed by atoms with van der Waals surface area (Å²) in [6.45, 7) is 5.74. The molecule has 114 valence electrons. The molecular weight excluding hydrogens is 286 g/mol. The number of rotatable bonds is 6. The first kappa shape index (κ1) is 20.8. The number of carbonyl (C=O) groups excluding carboxylic acids is 2. The molecule has 0 bridgehead atoms. The van der Waals surface area contributed by atoms with Gasteiger partial charge in [-0.3, -0.25) is 9.59 Å². The van der Waals surface area contributed by atoms with Crippen molar-refractivity contribution in [2.24, 2.45) is 5.73 Å². The number of nitrogens with two attached hydrogens (primary N) is 1. The molecule has 1 atom stereocenters. The Morgan fingerprint density at radius 1 is 1.37 bits per heavy atom. The monoisotopic (exact) mass is 311 g/mol. The molecule has 0 saturated heterocycles. The number of likely N-dealkylation sites (N-methyl/N-ethyl adjacent to an activating group) is 1. The van der Waals surface area contributed by atoms with Gasteiger partial charge in [-0.15, -0.1) is 12.4 Å². The molecule has 0 aromatic rings. The molecule has 0 aromatic carbocycles. The van der Waals surface area contributed by atoms with Gasteiger partial charge in [0.15, 0.2) is 0 Å². The summed E-state index contributed by atoms with van der Waals surface area (Å²) in [7, 11) is 1.60. The van der Waals surface area contributed by atoms with Crippen LogP contribution in [0.15, 0.2) is 0 Å². The maximum absolute atomic E-state index is 11.9. The zero-order valence-corrected chi connectivity index (χ0v) is 14.0. The molecule has 2 amide bonds. The van der Waals surface area contributed by atoms with Crippen molar-refractivity contribution < 1.29 is 9.59 Å². The summed E-state index contributed by atoms with van der Waals surface area (Å²) >= 11 is 1.65. The van der Waals surface area contributed by atoms with Crippen molar-refractivity contribution in [2.45, 2.75) is 38.8 Å². The minimum absolute atomic E-state index is 0. The Balaban J connectivity index is 0. The zero-order chi connectivity index (χ0) is 14.3. The first-order valence-corrected chi connectivity index (χ1v) is 7.37. The average molecular weight is 312 g/mol. The van der Waals surface area contributed by atoms with Gasteiger partial charge in [-0.2, -0.15) is 11.8 Å². The van der Waals surface area contributed by atoms with E-state index in [1.54, 1.807) is 18.8 Å². The third-order valence-electron chi connectivity index (χ3n) is 2.22. The van der Waals surface area contributed by atoms with E-state index < -0.39 is 6.04 Å². The van der Waals surface area contributed by atoms with Gasteiger partial charge < -0.3 is 16.0 Å². The van der Waals surface area contributed by atoms with Gasteiger partial charge in [0, 0.05) is 12.6 Å². The van der Waals surface area contributed by atoms with E-state index in [1.165, 1.54) is 4.90 Å². The minimum Gasteiger partial charge on any atom is -0.350 e. The second kappa shape index (κ2) is 9.44. The average Bonchev–Trinajstić information content (AvgIpc) is 2.21. The number of amides is 2. The van der Waals surface area contributed by atoms with Crippen LogP contribution in [0.4, 0.5) is 0 Å². The molecule has 0 rings (SSSR count). The van der Waals surface area contributed by atoms with Gasteiger partial charge in [0.05, 0.1) is 12.6 Å². The van der Waals surface area contributed by atoms with Crippen LogP contribution < -0.4 is 11.1 Å². The van der Waals surface area contributed by atoms with Crippen LogP contribution in [0.25, 0.3) is 0 Å². The van der Waals surface area contributed by atoms with Crippen LogP contribution in [0.2, 0.25) is 0 Å². The molecule has 0 heterocycles. The van der Waals surface area contributed by atoms with Crippen molar-refractivity contribution in [1.29, 1.82) is 0 Å². The van der Waals surface area contributed by atoms with E-state index in [0.29, 0.717) is 6.42 Å². The fourth-order valence-electron chi connectivity index (χ4n) is 1.40. The predicted molar refractivity (Wildman–Crippen MR) is 83.8 cm³/mol. The fraction of sp³-hybridized carbons (Fsp3) is 0.833. The maximum Gasteiger partial charge on any atom is 0.240 e. The molecule has 3 N–H and O–H groups in total. The second-order valence-corrected chi connectivity index (χ2v) is 6.37. The Morgan fingerprint density at radius 2 is 1.89 bits per heavy atom. The molecular formula is C12H26ClN3O2S. The Kier molecular flexibility index (Phi) is 10.4. The van der Waals surface area contributed by atoms with Gasteiger partial charge >= 0.3 is 0 Å². The van der Waals surface area contributed by atoms with E-state index in [1.807, 2.05) is 27.0 Å². The molecule has 0 unspecified atom stereocenters. The number of thioether (sulfide) groups is 1. The van der Waals surface area contributed by atoms with Crippen LogP contribution >= 0.6 is 24.2 Å². The number of nitrogens with one attached hydrogen (secondary N) is 1. The van der Waals surface area contributed by atoms with Crippen LogP contribution in [0, 0.1) is 0 Å². The van der Waals surface area contributed by atoms with Crippen LogP contribution in [0.5, 0.6) is 0 Å². The fourth-order valence-corrected chi connectivity index (χ4v) is 1.89. The lowest BCUT2D eigenvalue weighted by Gasteiger charge is -2.24. The van der Waals surface area contributed by atoms with Gasteiger partial charge in [0.25, 0.3) is 0 Å². The summed E-state index contributed by atoms with van der Waals surface area (Å²) in [4.78, 5) is 24.9. The first-order chi connectivity index (χ1) is 8.17. The Hall–Kier alpha value is -0.460. The molecule has 0 fully saturated rings. The zero-order valence-electron chi connectivity index (χ0n) is 12.4. The second-order valence-electron chi connectivity index (χ2n) is 5.38. The summed E-state index contributed by atoms with van der Waals surface area (Å²) < 4.78 is 0. The molecule has 0 aliphatic carbocycles. The molecule has 19 heavy (non-hydrogen) atoms. The number of halogens is 1. The van der Waals surface area contributed by atoms with E-state index >= 15 is 0 Å². The molecule has 0 aromatic heterocycles. The van der Waals surface area contributed by atoms with E-state index in [4.69, 9.17) is 5.73 Å². The Morgan fingerprint density at radius 3 is 2.32 bits per heavy atom. The third kappa shape index (κ3) is 10.0. The van der Waals surface area contributed by atoms with Crippen molar-refractivity contribution >= 4 is 36.0 Å². The third-order valence-corrected chi connectivity index (χ3v) is 2.87. The highest BCUT2D eigenvalue weighted by molar-refractivity contribution is 7.98. The van der Waals surface area contributed by atoms with Crippen LogP contribution in [-0.2, 0) is 9.59 Å². The normalized spacial score (nSPS) is 12.3. The van der Waals surface area contributed by atoms with E-state index in [2.05, 4.69) is 5.32 Å². The SMILES string of the molecule is CSCC[C@H](N)C(=O)N(C)CC(=O)NC(C)(C)C.Cl. The Bertz CT molecular complexity index is 295. The van der Waals surface area contributed by atoms with Crippen molar-refractivity contribution in [3.63, 3.8) is 0 Å². The standard InChI is InChI=1S/C12H25N3O2S.ClH/c1-12(2,3)14-10(16)8-15(4)11(17)9(13)6-7-18-5;/h9H,6-8,13H2,1-5H3,(H,14,16);1H/t9-;/m0./s1. The van der Waals surface area contributed by atoms with Crippen LogP contribution in [0.1, 0.15) is 27.2 Å². The largest absolute Gasteiger partial charge is 0.350 e. The molecule has 7 heteroatoms. The van der Waals surface area contributed by atoms with E-state index in [0.717, 1.165) is 5.75 Å². The van der Waals surface area contributed by atoms with Crippen molar-refractivity contribution in [1.82, 2.24) is 10.2 Å². The quantitative estimate of drug-likeness (QED) is 0.763. The summed E-state index contributed by atoms with van der Waals surface area (Å²) in [6, 6.07) is -0.523. The van der Waals surface area contributed by atoms with Crippen molar-refractivity contribution in [3.05, 3.63) is 0 Å². The topological polar surface area (TPSA) is 75.4 Å². The molecule has 0 radical (unpaired) electrons. The van der Waals surface area contributed by atoms with Crippen LogP contribution in [0.3, 0.4) is 0 Å². The lowest BCUT2D eigenvalue weighted by atomic mass is 10.1. The summed E-state index contributed by atoms with van der Waals surface area (Å²) in [5.74, 6) is 0.484. The highest BCUT2D eigenvalue weighted by Gasteiger charge is 2.21. The lowest BCUT2D eigenvalue weighted by molar-refractivity contribution is -0.136. The summed E-state index contributed by atoms with van der Waals surface area (Å²) in [5, 5.41) is 2.81. The highest BCUT2D eigenvalue weighted by Crippen LogP contribution is 2.02. The highest BCUT2D eigenvalue weighted by atomic mass is 35.5. The number of hydrogen-bond donors (Lipinski definition) is 2. The first-order valence-electron chi connectivity index (χ1n) is 5.98. The summed E-state index contributed by atoms with van der Waals surface area (Å²) in [6.07, 6.45) is 2.60. The van der Waals surface area contributed by atoms with E-state index in [9.17, 15) is 9.59 Å². The minimum atomic E-state index is -0.523. The number of hydrogen-bond acceptors (Lipinski definition) is 4. The molecule has 0 aliphatic heterocycles. The maximum atomic E-state index is 11.9. The number of carbonyl (C=O) groups is 2. The molecule has 0 spiro atoms. The van der Waals surface area contributed by atoms with Gasteiger partial charge in [0.1, 0.15) is 0 Å². The molecule has 5 nitrogen and oxygen atoms in total.